The predicted octanol–water partition coefficient (Wildman–Crippen LogP) is 2.20. The Hall–Kier alpha value is -1.79. The molecule has 0 amide bonds. The van der Waals surface area contributed by atoms with E-state index in [1.165, 1.54) is 6.33 Å². The summed E-state index contributed by atoms with van der Waals surface area (Å²) in [5.74, 6) is -1.45. The lowest BCUT2D eigenvalue weighted by Crippen LogP contribution is -2.29. The minimum atomic E-state index is -1.42. The second kappa shape index (κ2) is 7.28. The third-order valence-electron chi connectivity index (χ3n) is 3.26. The monoisotopic (exact) mass is 352 g/mol. The Morgan fingerprint density at radius 2 is 1.81 bits per heavy atom. The molecule has 1 heterocycles. The summed E-state index contributed by atoms with van der Waals surface area (Å²) in [4.78, 5) is 28.1. The van der Waals surface area contributed by atoms with E-state index in [1.54, 1.807) is 54.9 Å². The minimum Gasteiger partial charge on any atom is -0.380 e. The van der Waals surface area contributed by atoms with Crippen LogP contribution in [0.3, 0.4) is 0 Å². The lowest BCUT2D eigenvalue weighted by Gasteiger charge is -2.15. The molecule has 0 saturated carbocycles. The SMILES string of the molecule is Br.Cc1cncn1C(C)C(=O)C(=O)C(O)c1ccccc1. The number of nitrogens with zero attached hydrogens (tertiary/aromatic N) is 2. The normalized spacial score (nSPS) is 13.1. The molecule has 1 N–H and O–H groups in total. The summed E-state index contributed by atoms with van der Waals surface area (Å²) in [5.41, 5.74) is 1.20. The first-order chi connectivity index (χ1) is 9.52. The number of aliphatic hydroxyl groups excluding tert-OH is 1. The molecule has 0 saturated heterocycles. The molecular formula is C15H17BrN2O3. The van der Waals surface area contributed by atoms with Crippen LogP contribution in [0.15, 0.2) is 42.9 Å². The van der Waals surface area contributed by atoms with Crippen molar-refractivity contribution >= 4 is 28.5 Å². The van der Waals surface area contributed by atoms with Crippen LogP contribution in [0.5, 0.6) is 0 Å². The molecule has 0 bridgehead atoms. The number of ketones is 2. The van der Waals surface area contributed by atoms with E-state index < -0.39 is 23.7 Å². The second-order valence-corrected chi connectivity index (χ2v) is 4.66. The van der Waals surface area contributed by atoms with E-state index in [0.29, 0.717) is 5.56 Å². The Morgan fingerprint density at radius 3 is 2.33 bits per heavy atom. The molecule has 0 spiro atoms. The van der Waals surface area contributed by atoms with Gasteiger partial charge >= 0.3 is 0 Å². The van der Waals surface area contributed by atoms with Crippen LogP contribution in [0.25, 0.3) is 0 Å². The molecule has 0 aliphatic carbocycles. The molecule has 1 aromatic heterocycles. The highest BCUT2D eigenvalue weighted by molar-refractivity contribution is 8.93. The maximum Gasteiger partial charge on any atom is 0.233 e. The van der Waals surface area contributed by atoms with Crippen molar-refractivity contribution in [2.45, 2.75) is 26.0 Å². The quantitative estimate of drug-likeness (QED) is 0.837. The number of carbonyl (C=O) groups is 2. The molecule has 2 aromatic rings. The largest absolute Gasteiger partial charge is 0.380 e. The van der Waals surface area contributed by atoms with Gasteiger partial charge in [0.05, 0.1) is 12.4 Å². The van der Waals surface area contributed by atoms with E-state index in [-0.39, 0.29) is 17.0 Å². The molecule has 0 aliphatic heterocycles. The number of Topliss-reactive ketones (excluding diaryl/α,β-unsaturated/α-hetero) is 2. The first-order valence-electron chi connectivity index (χ1n) is 6.32. The molecule has 5 nitrogen and oxygen atoms in total. The fourth-order valence-electron chi connectivity index (χ4n) is 2.03. The van der Waals surface area contributed by atoms with E-state index in [0.717, 1.165) is 5.69 Å². The van der Waals surface area contributed by atoms with Gasteiger partial charge in [0.2, 0.25) is 11.6 Å². The van der Waals surface area contributed by atoms with Crippen LogP contribution in [-0.4, -0.2) is 26.2 Å². The van der Waals surface area contributed by atoms with Gasteiger partial charge in [-0.1, -0.05) is 30.3 Å². The zero-order valence-corrected chi connectivity index (χ0v) is 13.5. The van der Waals surface area contributed by atoms with E-state index >= 15 is 0 Å². The van der Waals surface area contributed by atoms with E-state index in [4.69, 9.17) is 0 Å². The van der Waals surface area contributed by atoms with Gasteiger partial charge in [0.15, 0.2) is 0 Å². The van der Waals surface area contributed by atoms with Crippen LogP contribution in [0.4, 0.5) is 0 Å². The molecule has 6 heteroatoms. The molecule has 1 aromatic carbocycles. The third kappa shape index (κ3) is 3.65. The number of rotatable bonds is 5. The molecule has 0 radical (unpaired) electrons. The number of aromatic nitrogens is 2. The first-order valence-corrected chi connectivity index (χ1v) is 6.32. The molecule has 0 fully saturated rings. The maximum atomic E-state index is 12.2. The standard InChI is InChI=1S/C15H16N2O3.BrH/c1-10-8-16-9-17(10)11(2)13(18)15(20)14(19)12-6-4-3-5-7-12;/h3-9,11,14,19H,1-2H3;1H. The minimum absolute atomic E-state index is 0. The molecule has 2 unspecified atom stereocenters. The molecular weight excluding hydrogens is 336 g/mol. The van der Waals surface area contributed by atoms with Crippen LogP contribution >= 0.6 is 17.0 Å². The average molecular weight is 353 g/mol. The number of benzene rings is 1. The summed E-state index contributed by atoms with van der Waals surface area (Å²) in [6.07, 6.45) is 1.69. The van der Waals surface area contributed by atoms with Crippen molar-refractivity contribution in [3.05, 3.63) is 54.1 Å². The van der Waals surface area contributed by atoms with Crippen molar-refractivity contribution < 1.29 is 14.7 Å². The number of hydrogen-bond donors (Lipinski definition) is 1. The van der Waals surface area contributed by atoms with Gasteiger partial charge in [-0.15, -0.1) is 17.0 Å². The Bertz CT molecular complexity index is 625. The highest BCUT2D eigenvalue weighted by Crippen LogP contribution is 2.18. The third-order valence-corrected chi connectivity index (χ3v) is 3.26. The summed E-state index contributed by atoms with van der Waals surface area (Å²) in [6.45, 7) is 3.42. The van der Waals surface area contributed by atoms with E-state index in [9.17, 15) is 14.7 Å². The van der Waals surface area contributed by atoms with E-state index in [2.05, 4.69) is 4.98 Å². The maximum absolute atomic E-state index is 12.2. The Labute approximate surface area is 133 Å². The molecule has 2 atom stereocenters. The van der Waals surface area contributed by atoms with Crippen molar-refractivity contribution in [2.75, 3.05) is 0 Å². The van der Waals surface area contributed by atoms with Crippen molar-refractivity contribution in [1.29, 1.82) is 0 Å². The lowest BCUT2D eigenvalue weighted by molar-refractivity contribution is -0.143. The lowest BCUT2D eigenvalue weighted by atomic mass is 10.00. The highest BCUT2D eigenvalue weighted by atomic mass is 79.9. The summed E-state index contributed by atoms with van der Waals surface area (Å²) >= 11 is 0. The summed E-state index contributed by atoms with van der Waals surface area (Å²) in [7, 11) is 0. The van der Waals surface area contributed by atoms with Gasteiger partial charge in [-0.3, -0.25) is 9.59 Å². The van der Waals surface area contributed by atoms with Crippen molar-refractivity contribution in [1.82, 2.24) is 9.55 Å². The van der Waals surface area contributed by atoms with E-state index in [1.807, 2.05) is 0 Å². The van der Waals surface area contributed by atoms with Gasteiger partial charge in [0.25, 0.3) is 0 Å². The average Bonchev–Trinajstić information content (AvgIpc) is 2.91. The smallest absolute Gasteiger partial charge is 0.233 e. The predicted molar refractivity (Wildman–Crippen MR) is 83.4 cm³/mol. The first kappa shape index (κ1) is 17.3. The van der Waals surface area contributed by atoms with Crippen LogP contribution in [-0.2, 0) is 9.59 Å². The topological polar surface area (TPSA) is 72.2 Å². The number of aryl methyl sites for hydroxylation is 1. The van der Waals surface area contributed by atoms with Gasteiger partial charge in [0, 0.05) is 11.9 Å². The van der Waals surface area contributed by atoms with Gasteiger partial charge < -0.3 is 9.67 Å². The summed E-state index contributed by atoms with van der Waals surface area (Å²) in [6, 6.07) is 7.74. The van der Waals surface area contributed by atoms with Gasteiger partial charge in [-0.2, -0.15) is 0 Å². The number of halogens is 1. The Balaban J connectivity index is 0.00000220. The van der Waals surface area contributed by atoms with Crippen molar-refractivity contribution in [3.63, 3.8) is 0 Å². The van der Waals surface area contributed by atoms with Crippen LogP contribution in [0.1, 0.15) is 30.3 Å². The molecule has 112 valence electrons. The Morgan fingerprint density at radius 1 is 1.19 bits per heavy atom. The number of aliphatic hydroxyl groups is 1. The van der Waals surface area contributed by atoms with Crippen molar-refractivity contribution in [2.24, 2.45) is 0 Å². The van der Waals surface area contributed by atoms with Gasteiger partial charge in [-0.05, 0) is 19.4 Å². The van der Waals surface area contributed by atoms with Gasteiger partial charge in [0.1, 0.15) is 6.10 Å². The zero-order valence-electron chi connectivity index (χ0n) is 11.8. The Kier molecular flexibility index (Phi) is 5.99. The molecule has 0 aliphatic rings. The second-order valence-electron chi connectivity index (χ2n) is 4.66. The van der Waals surface area contributed by atoms with Crippen LogP contribution < -0.4 is 0 Å². The fourth-order valence-corrected chi connectivity index (χ4v) is 2.03. The summed E-state index contributed by atoms with van der Waals surface area (Å²) < 4.78 is 1.61. The highest BCUT2D eigenvalue weighted by Gasteiger charge is 2.29. The fraction of sp³-hybridized carbons (Fsp3) is 0.267. The number of hydrogen-bond acceptors (Lipinski definition) is 4. The molecule has 2 rings (SSSR count). The van der Waals surface area contributed by atoms with Gasteiger partial charge in [-0.25, -0.2) is 4.98 Å². The zero-order chi connectivity index (χ0) is 14.7. The summed E-state index contributed by atoms with van der Waals surface area (Å²) in [5, 5.41) is 9.98. The van der Waals surface area contributed by atoms with Crippen molar-refractivity contribution in [3.8, 4) is 0 Å². The number of carbonyl (C=O) groups excluding carboxylic acids is 2. The van der Waals surface area contributed by atoms with Crippen LogP contribution in [0.2, 0.25) is 0 Å². The molecule has 21 heavy (non-hydrogen) atoms. The number of imidazole rings is 1. The van der Waals surface area contributed by atoms with Crippen LogP contribution in [0, 0.1) is 6.92 Å².